The van der Waals surface area contributed by atoms with Crippen LogP contribution in [0.15, 0.2) is 71.4 Å². The van der Waals surface area contributed by atoms with E-state index in [0.29, 0.717) is 16.9 Å². The SMILES string of the molecule is O=C(Nc1cccc(NC(=O)N2CCCC2c2ccsc2)c1)c1ccccc1. The molecule has 0 radical (unpaired) electrons. The first-order chi connectivity index (χ1) is 13.7. The summed E-state index contributed by atoms with van der Waals surface area (Å²) in [5.41, 5.74) is 3.09. The lowest BCUT2D eigenvalue weighted by Gasteiger charge is -2.24. The van der Waals surface area contributed by atoms with E-state index in [1.807, 2.05) is 40.6 Å². The van der Waals surface area contributed by atoms with Gasteiger partial charge in [0.05, 0.1) is 6.04 Å². The highest BCUT2D eigenvalue weighted by Gasteiger charge is 2.30. The average Bonchev–Trinajstić information content (AvgIpc) is 3.40. The molecular formula is C22H21N3O2S. The van der Waals surface area contributed by atoms with Crippen LogP contribution in [-0.2, 0) is 0 Å². The molecule has 1 aromatic heterocycles. The van der Waals surface area contributed by atoms with E-state index in [1.54, 1.807) is 35.6 Å². The van der Waals surface area contributed by atoms with Gasteiger partial charge in [-0.15, -0.1) is 0 Å². The average molecular weight is 391 g/mol. The summed E-state index contributed by atoms with van der Waals surface area (Å²) in [5.74, 6) is -0.179. The highest BCUT2D eigenvalue weighted by Crippen LogP contribution is 2.33. The standard InChI is InChI=1S/C22H21N3O2S/c26-21(16-6-2-1-3-7-16)23-18-8-4-9-19(14-18)24-22(27)25-12-5-10-20(25)17-11-13-28-15-17/h1-4,6-9,11,13-15,20H,5,10,12H2,(H,23,26)(H,24,27). The maximum absolute atomic E-state index is 12.8. The fourth-order valence-electron chi connectivity index (χ4n) is 3.48. The zero-order chi connectivity index (χ0) is 19.3. The maximum atomic E-state index is 12.8. The Morgan fingerprint density at radius 1 is 0.964 bits per heavy atom. The van der Waals surface area contributed by atoms with Crippen LogP contribution < -0.4 is 10.6 Å². The first kappa shape index (κ1) is 18.3. The van der Waals surface area contributed by atoms with E-state index in [2.05, 4.69) is 22.1 Å². The highest BCUT2D eigenvalue weighted by atomic mass is 32.1. The summed E-state index contributed by atoms with van der Waals surface area (Å²) in [6, 6.07) is 18.4. The molecule has 0 spiro atoms. The van der Waals surface area contributed by atoms with E-state index in [9.17, 15) is 9.59 Å². The molecule has 28 heavy (non-hydrogen) atoms. The van der Waals surface area contributed by atoms with Crippen LogP contribution in [0, 0.1) is 0 Å². The van der Waals surface area contributed by atoms with Gasteiger partial charge in [0.1, 0.15) is 0 Å². The van der Waals surface area contributed by atoms with Crippen molar-refractivity contribution in [3.05, 3.63) is 82.6 Å². The van der Waals surface area contributed by atoms with Crippen LogP contribution in [0.3, 0.4) is 0 Å². The van der Waals surface area contributed by atoms with Gasteiger partial charge in [0, 0.05) is 23.5 Å². The van der Waals surface area contributed by atoms with E-state index in [-0.39, 0.29) is 18.0 Å². The third-order valence-corrected chi connectivity index (χ3v) is 5.55. The van der Waals surface area contributed by atoms with E-state index in [0.717, 1.165) is 19.4 Å². The summed E-state index contributed by atoms with van der Waals surface area (Å²) < 4.78 is 0. The molecule has 4 rings (SSSR count). The number of benzene rings is 2. The van der Waals surface area contributed by atoms with Crippen LogP contribution in [-0.4, -0.2) is 23.4 Å². The molecular weight excluding hydrogens is 370 g/mol. The second-order valence-electron chi connectivity index (χ2n) is 6.74. The summed E-state index contributed by atoms with van der Waals surface area (Å²) in [7, 11) is 0. The molecule has 1 aliphatic rings. The second kappa shape index (κ2) is 8.27. The van der Waals surface area contributed by atoms with Gasteiger partial charge in [-0.1, -0.05) is 24.3 Å². The Morgan fingerprint density at radius 3 is 2.50 bits per heavy atom. The van der Waals surface area contributed by atoms with Crippen molar-refractivity contribution in [3.63, 3.8) is 0 Å². The zero-order valence-electron chi connectivity index (χ0n) is 15.3. The van der Waals surface area contributed by atoms with Crippen LogP contribution in [0.5, 0.6) is 0 Å². The fourth-order valence-corrected chi connectivity index (χ4v) is 4.19. The number of thiophene rings is 1. The molecule has 142 valence electrons. The van der Waals surface area contributed by atoms with Crippen LogP contribution in [0.4, 0.5) is 16.2 Å². The topological polar surface area (TPSA) is 61.4 Å². The van der Waals surface area contributed by atoms with Gasteiger partial charge in [-0.05, 0) is 65.6 Å². The molecule has 0 bridgehead atoms. The lowest BCUT2D eigenvalue weighted by Crippen LogP contribution is -2.34. The lowest BCUT2D eigenvalue weighted by atomic mass is 10.1. The monoisotopic (exact) mass is 391 g/mol. The molecule has 2 heterocycles. The number of hydrogen-bond donors (Lipinski definition) is 2. The molecule has 0 saturated carbocycles. The molecule has 1 unspecified atom stereocenters. The Morgan fingerprint density at radius 2 is 1.75 bits per heavy atom. The molecule has 2 aromatic carbocycles. The van der Waals surface area contributed by atoms with Gasteiger partial charge in [0.2, 0.25) is 0 Å². The molecule has 1 atom stereocenters. The first-order valence-electron chi connectivity index (χ1n) is 9.27. The summed E-state index contributed by atoms with van der Waals surface area (Å²) >= 11 is 1.65. The van der Waals surface area contributed by atoms with Crippen molar-refractivity contribution in [2.24, 2.45) is 0 Å². The van der Waals surface area contributed by atoms with Gasteiger partial charge in [0.25, 0.3) is 5.91 Å². The number of urea groups is 1. The van der Waals surface area contributed by atoms with Gasteiger partial charge in [-0.3, -0.25) is 4.79 Å². The van der Waals surface area contributed by atoms with Crippen molar-refractivity contribution < 1.29 is 9.59 Å². The normalized spacial score (nSPS) is 16.0. The number of rotatable bonds is 4. The Hall–Kier alpha value is -3.12. The van der Waals surface area contributed by atoms with Gasteiger partial charge < -0.3 is 15.5 Å². The largest absolute Gasteiger partial charge is 0.322 e. The highest BCUT2D eigenvalue weighted by molar-refractivity contribution is 7.08. The Kier molecular flexibility index (Phi) is 5.39. The number of carbonyl (C=O) groups is 2. The minimum atomic E-state index is -0.179. The number of nitrogens with zero attached hydrogens (tertiary/aromatic N) is 1. The first-order valence-corrected chi connectivity index (χ1v) is 10.2. The predicted octanol–water partition coefficient (Wildman–Crippen LogP) is 5.37. The minimum absolute atomic E-state index is 0.111. The molecule has 2 N–H and O–H groups in total. The number of hydrogen-bond acceptors (Lipinski definition) is 3. The van der Waals surface area contributed by atoms with Gasteiger partial charge >= 0.3 is 6.03 Å². The quantitative estimate of drug-likeness (QED) is 0.628. The van der Waals surface area contributed by atoms with Crippen molar-refractivity contribution in [2.75, 3.05) is 17.2 Å². The Balaban J connectivity index is 1.43. The van der Waals surface area contributed by atoms with Gasteiger partial charge in [-0.2, -0.15) is 11.3 Å². The van der Waals surface area contributed by atoms with E-state index in [1.165, 1.54) is 5.56 Å². The summed E-state index contributed by atoms with van der Waals surface area (Å²) in [6.45, 7) is 0.747. The zero-order valence-corrected chi connectivity index (χ0v) is 16.1. The molecule has 0 aliphatic carbocycles. The van der Waals surface area contributed by atoms with Crippen LogP contribution in [0.25, 0.3) is 0 Å². The van der Waals surface area contributed by atoms with Crippen LogP contribution in [0.2, 0.25) is 0 Å². The summed E-state index contributed by atoms with van der Waals surface area (Å²) in [6.07, 6.45) is 1.98. The molecule has 6 heteroatoms. The molecule has 3 aromatic rings. The third-order valence-electron chi connectivity index (χ3n) is 4.85. The number of anilines is 2. The fraction of sp³-hybridized carbons (Fsp3) is 0.182. The van der Waals surface area contributed by atoms with E-state index in [4.69, 9.17) is 0 Å². The third kappa shape index (κ3) is 4.07. The Labute approximate surface area is 168 Å². The molecule has 3 amide bonds. The second-order valence-corrected chi connectivity index (χ2v) is 7.52. The van der Waals surface area contributed by atoms with Gasteiger partial charge in [-0.25, -0.2) is 4.79 Å². The van der Waals surface area contributed by atoms with Crippen LogP contribution >= 0.6 is 11.3 Å². The molecule has 1 saturated heterocycles. The molecule has 1 aliphatic heterocycles. The minimum Gasteiger partial charge on any atom is -0.322 e. The maximum Gasteiger partial charge on any atom is 0.322 e. The van der Waals surface area contributed by atoms with Crippen molar-refractivity contribution in [1.29, 1.82) is 0 Å². The van der Waals surface area contributed by atoms with Crippen molar-refractivity contribution >= 4 is 34.6 Å². The number of carbonyl (C=O) groups excluding carboxylic acids is 2. The van der Waals surface area contributed by atoms with Crippen molar-refractivity contribution in [1.82, 2.24) is 4.90 Å². The van der Waals surface area contributed by atoms with Crippen molar-refractivity contribution in [2.45, 2.75) is 18.9 Å². The molecule has 1 fully saturated rings. The molecule has 5 nitrogen and oxygen atoms in total. The lowest BCUT2D eigenvalue weighted by molar-refractivity contribution is 0.102. The smallest absolute Gasteiger partial charge is 0.322 e. The number of nitrogens with one attached hydrogen (secondary N) is 2. The summed E-state index contributed by atoms with van der Waals surface area (Å²) in [5, 5.41) is 9.99. The predicted molar refractivity (Wildman–Crippen MR) is 113 cm³/mol. The van der Waals surface area contributed by atoms with Gasteiger partial charge in [0.15, 0.2) is 0 Å². The van der Waals surface area contributed by atoms with Crippen molar-refractivity contribution in [3.8, 4) is 0 Å². The Bertz CT molecular complexity index is 957. The number of likely N-dealkylation sites (tertiary alicyclic amines) is 1. The number of amides is 3. The van der Waals surface area contributed by atoms with E-state index >= 15 is 0 Å². The van der Waals surface area contributed by atoms with Crippen LogP contribution in [0.1, 0.15) is 34.8 Å². The summed E-state index contributed by atoms with van der Waals surface area (Å²) in [4.78, 5) is 27.0. The van der Waals surface area contributed by atoms with E-state index < -0.39 is 0 Å².